The van der Waals surface area contributed by atoms with Gasteiger partial charge < -0.3 is 15.6 Å². The molecule has 0 bridgehead atoms. The number of hydrogen-bond acceptors (Lipinski definition) is 2. The summed E-state index contributed by atoms with van der Waals surface area (Å²) in [5, 5.41) is 0.992. The summed E-state index contributed by atoms with van der Waals surface area (Å²) in [5.41, 5.74) is 7.64. The number of nitrogens with zero attached hydrogens (tertiary/aromatic N) is 1. The van der Waals surface area contributed by atoms with E-state index in [-0.39, 0.29) is 11.9 Å². The van der Waals surface area contributed by atoms with Crippen LogP contribution in [0.4, 0.5) is 0 Å². The number of nitrogens with one attached hydrogen (secondary N) is 1. The first-order chi connectivity index (χ1) is 9.70. The molecular formula is C16H21N3O. The molecule has 1 aromatic heterocycles. The van der Waals surface area contributed by atoms with Gasteiger partial charge in [0.05, 0.1) is 0 Å². The molecule has 1 amide bonds. The van der Waals surface area contributed by atoms with Crippen molar-refractivity contribution < 1.29 is 4.79 Å². The van der Waals surface area contributed by atoms with Crippen molar-refractivity contribution in [3.05, 3.63) is 36.0 Å². The molecule has 3 N–H and O–H groups in total. The number of aromatic nitrogens is 1. The number of likely N-dealkylation sites (tertiary alicyclic amines) is 1. The Kier molecular flexibility index (Phi) is 3.49. The number of amides is 1. The second-order valence-electron chi connectivity index (χ2n) is 5.76. The highest BCUT2D eigenvalue weighted by Gasteiger charge is 2.30. The van der Waals surface area contributed by atoms with E-state index in [4.69, 9.17) is 5.73 Å². The van der Waals surface area contributed by atoms with E-state index in [0.717, 1.165) is 35.9 Å². The van der Waals surface area contributed by atoms with E-state index >= 15 is 0 Å². The van der Waals surface area contributed by atoms with E-state index in [1.165, 1.54) is 0 Å². The van der Waals surface area contributed by atoms with Crippen LogP contribution in [-0.2, 0) is 0 Å². The Morgan fingerprint density at radius 1 is 1.45 bits per heavy atom. The number of H-pyrrole nitrogens is 1. The van der Waals surface area contributed by atoms with Gasteiger partial charge in [-0.05, 0) is 37.0 Å². The van der Waals surface area contributed by atoms with Gasteiger partial charge in [0, 0.05) is 41.8 Å². The Labute approximate surface area is 118 Å². The SMILES string of the molecule is CC1CCN(C(=O)c2cccc3[nH]ccc23)C(CN)C1. The highest BCUT2D eigenvalue weighted by molar-refractivity contribution is 6.06. The fourth-order valence-corrected chi connectivity index (χ4v) is 3.17. The molecule has 1 aromatic carbocycles. The molecule has 2 aromatic rings. The quantitative estimate of drug-likeness (QED) is 0.881. The Balaban J connectivity index is 1.93. The summed E-state index contributed by atoms with van der Waals surface area (Å²) in [6.07, 6.45) is 3.94. The van der Waals surface area contributed by atoms with Gasteiger partial charge in [0.25, 0.3) is 5.91 Å². The number of piperidine rings is 1. The summed E-state index contributed by atoms with van der Waals surface area (Å²) in [4.78, 5) is 18.0. The van der Waals surface area contributed by atoms with Crippen molar-refractivity contribution in [1.82, 2.24) is 9.88 Å². The highest BCUT2D eigenvalue weighted by Crippen LogP contribution is 2.26. The summed E-state index contributed by atoms with van der Waals surface area (Å²) in [5.74, 6) is 0.758. The molecule has 0 saturated carbocycles. The van der Waals surface area contributed by atoms with Gasteiger partial charge in [0.1, 0.15) is 0 Å². The van der Waals surface area contributed by atoms with Crippen LogP contribution in [-0.4, -0.2) is 34.9 Å². The number of hydrogen-bond donors (Lipinski definition) is 2. The molecule has 1 aliphatic heterocycles. The largest absolute Gasteiger partial charge is 0.361 e. The Morgan fingerprint density at radius 2 is 2.30 bits per heavy atom. The van der Waals surface area contributed by atoms with Crippen LogP contribution in [0.25, 0.3) is 10.9 Å². The van der Waals surface area contributed by atoms with Crippen molar-refractivity contribution in [3.8, 4) is 0 Å². The lowest BCUT2D eigenvalue weighted by Crippen LogP contribution is -2.49. The Morgan fingerprint density at radius 3 is 3.10 bits per heavy atom. The molecule has 3 rings (SSSR count). The van der Waals surface area contributed by atoms with Crippen LogP contribution in [0.15, 0.2) is 30.5 Å². The number of carbonyl (C=O) groups is 1. The third kappa shape index (κ3) is 2.20. The minimum Gasteiger partial charge on any atom is -0.361 e. The smallest absolute Gasteiger partial charge is 0.254 e. The standard InChI is InChI=1S/C16H21N3O/c1-11-6-8-19(12(9-11)10-17)16(20)14-3-2-4-15-13(14)5-7-18-15/h2-5,7,11-12,18H,6,8-10,17H2,1H3. The van der Waals surface area contributed by atoms with Gasteiger partial charge in [-0.3, -0.25) is 4.79 Å². The molecule has 2 atom stereocenters. The van der Waals surface area contributed by atoms with Gasteiger partial charge in [-0.25, -0.2) is 0 Å². The van der Waals surface area contributed by atoms with E-state index < -0.39 is 0 Å². The summed E-state index contributed by atoms with van der Waals surface area (Å²) < 4.78 is 0. The molecule has 2 unspecified atom stereocenters. The molecule has 0 radical (unpaired) electrons. The topological polar surface area (TPSA) is 62.1 Å². The Hall–Kier alpha value is -1.81. The molecule has 1 aliphatic rings. The zero-order valence-corrected chi connectivity index (χ0v) is 11.8. The average Bonchev–Trinajstić information content (AvgIpc) is 2.94. The minimum absolute atomic E-state index is 0.109. The molecule has 1 fully saturated rings. The molecule has 4 heteroatoms. The molecular weight excluding hydrogens is 250 g/mol. The van der Waals surface area contributed by atoms with E-state index in [2.05, 4.69) is 11.9 Å². The highest BCUT2D eigenvalue weighted by atomic mass is 16.2. The number of carbonyl (C=O) groups excluding carboxylic acids is 1. The second kappa shape index (κ2) is 5.29. The molecule has 0 aliphatic carbocycles. The summed E-state index contributed by atoms with van der Waals surface area (Å²) in [6, 6.07) is 7.96. The van der Waals surface area contributed by atoms with Crippen LogP contribution in [0, 0.1) is 5.92 Å². The van der Waals surface area contributed by atoms with Crippen molar-refractivity contribution in [2.45, 2.75) is 25.8 Å². The first-order valence-corrected chi connectivity index (χ1v) is 7.28. The monoisotopic (exact) mass is 271 g/mol. The van der Waals surface area contributed by atoms with Crippen LogP contribution >= 0.6 is 0 Å². The van der Waals surface area contributed by atoms with Crippen LogP contribution in [0.2, 0.25) is 0 Å². The maximum absolute atomic E-state index is 12.8. The number of fused-ring (bicyclic) bond motifs is 1. The van der Waals surface area contributed by atoms with Gasteiger partial charge in [0.15, 0.2) is 0 Å². The molecule has 4 nitrogen and oxygen atoms in total. The summed E-state index contributed by atoms with van der Waals surface area (Å²) in [7, 11) is 0. The number of benzene rings is 1. The summed E-state index contributed by atoms with van der Waals surface area (Å²) >= 11 is 0. The van der Waals surface area contributed by atoms with E-state index in [9.17, 15) is 4.79 Å². The molecule has 106 valence electrons. The Bertz CT molecular complexity index is 619. The minimum atomic E-state index is 0.109. The third-order valence-electron chi connectivity index (χ3n) is 4.34. The van der Waals surface area contributed by atoms with Crippen LogP contribution in [0.1, 0.15) is 30.1 Å². The first-order valence-electron chi connectivity index (χ1n) is 7.28. The number of rotatable bonds is 2. The fourth-order valence-electron chi connectivity index (χ4n) is 3.17. The lowest BCUT2D eigenvalue weighted by molar-refractivity contribution is 0.0575. The van der Waals surface area contributed by atoms with Gasteiger partial charge in [-0.2, -0.15) is 0 Å². The summed E-state index contributed by atoms with van der Waals surface area (Å²) in [6.45, 7) is 3.58. The van der Waals surface area contributed by atoms with E-state index in [1.54, 1.807) is 0 Å². The molecule has 1 saturated heterocycles. The zero-order valence-electron chi connectivity index (χ0n) is 11.8. The van der Waals surface area contributed by atoms with Crippen molar-refractivity contribution in [1.29, 1.82) is 0 Å². The maximum atomic E-state index is 12.8. The predicted molar refractivity (Wildman–Crippen MR) is 80.6 cm³/mol. The maximum Gasteiger partial charge on any atom is 0.254 e. The lowest BCUT2D eigenvalue weighted by atomic mass is 9.91. The molecule has 0 spiro atoms. The third-order valence-corrected chi connectivity index (χ3v) is 4.34. The van der Waals surface area contributed by atoms with Crippen molar-refractivity contribution in [2.75, 3.05) is 13.1 Å². The molecule has 20 heavy (non-hydrogen) atoms. The van der Waals surface area contributed by atoms with Gasteiger partial charge >= 0.3 is 0 Å². The van der Waals surface area contributed by atoms with Crippen LogP contribution in [0.5, 0.6) is 0 Å². The first kappa shape index (κ1) is 13.2. The van der Waals surface area contributed by atoms with Crippen LogP contribution in [0.3, 0.4) is 0 Å². The normalized spacial score (nSPS) is 23.2. The lowest BCUT2D eigenvalue weighted by Gasteiger charge is -2.38. The number of aromatic amines is 1. The van der Waals surface area contributed by atoms with Crippen molar-refractivity contribution in [3.63, 3.8) is 0 Å². The zero-order chi connectivity index (χ0) is 14.1. The second-order valence-corrected chi connectivity index (χ2v) is 5.76. The van der Waals surface area contributed by atoms with Gasteiger partial charge in [0.2, 0.25) is 0 Å². The van der Waals surface area contributed by atoms with E-state index in [1.807, 2.05) is 35.4 Å². The predicted octanol–water partition coefficient (Wildman–Crippen LogP) is 2.37. The molecule has 2 heterocycles. The van der Waals surface area contributed by atoms with E-state index in [0.29, 0.717) is 12.5 Å². The fraction of sp³-hybridized carbons (Fsp3) is 0.438. The van der Waals surface area contributed by atoms with Crippen molar-refractivity contribution >= 4 is 16.8 Å². The van der Waals surface area contributed by atoms with Crippen LogP contribution < -0.4 is 5.73 Å². The van der Waals surface area contributed by atoms with Gasteiger partial charge in [-0.15, -0.1) is 0 Å². The number of nitrogens with two attached hydrogens (primary N) is 1. The van der Waals surface area contributed by atoms with Crippen molar-refractivity contribution in [2.24, 2.45) is 11.7 Å². The van der Waals surface area contributed by atoms with Gasteiger partial charge in [-0.1, -0.05) is 13.0 Å². The average molecular weight is 271 g/mol.